The SMILES string of the molecule is C[C@H](NC(=O)c1ccc[nH]c1=S)c1csc2ccccc12. The summed E-state index contributed by atoms with van der Waals surface area (Å²) in [5.74, 6) is -0.153. The molecule has 0 bridgehead atoms. The number of H-pyrrole nitrogens is 1. The molecule has 3 rings (SSSR count). The van der Waals surface area contributed by atoms with Crippen molar-refractivity contribution in [3.05, 3.63) is 63.7 Å². The minimum absolute atomic E-state index is 0.0664. The molecule has 106 valence electrons. The molecule has 2 heterocycles. The monoisotopic (exact) mass is 314 g/mol. The summed E-state index contributed by atoms with van der Waals surface area (Å²) in [6, 6.07) is 11.6. The Morgan fingerprint density at radius 2 is 2.10 bits per heavy atom. The molecular weight excluding hydrogens is 300 g/mol. The number of carbonyl (C=O) groups excluding carboxylic acids is 1. The van der Waals surface area contributed by atoms with Gasteiger partial charge in [0, 0.05) is 10.9 Å². The smallest absolute Gasteiger partial charge is 0.254 e. The highest BCUT2D eigenvalue weighted by Crippen LogP contribution is 2.30. The summed E-state index contributed by atoms with van der Waals surface area (Å²) in [6.45, 7) is 1.99. The third-order valence-electron chi connectivity index (χ3n) is 3.39. The highest BCUT2D eigenvalue weighted by molar-refractivity contribution is 7.71. The molecule has 1 atom stereocenters. The topological polar surface area (TPSA) is 44.9 Å². The van der Waals surface area contributed by atoms with Crippen LogP contribution >= 0.6 is 23.6 Å². The molecule has 0 saturated carbocycles. The van der Waals surface area contributed by atoms with Gasteiger partial charge < -0.3 is 10.3 Å². The van der Waals surface area contributed by atoms with E-state index in [1.54, 1.807) is 29.7 Å². The first kappa shape index (κ1) is 14.0. The highest BCUT2D eigenvalue weighted by Gasteiger charge is 2.15. The van der Waals surface area contributed by atoms with Gasteiger partial charge in [-0.2, -0.15) is 0 Å². The Bertz CT molecular complexity index is 850. The first-order valence-electron chi connectivity index (χ1n) is 6.61. The molecule has 0 radical (unpaired) electrons. The molecular formula is C16H14N2OS2. The quantitative estimate of drug-likeness (QED) is 0.702. The summed E-state index contributed by atoms with van der Waals surface area (Å²) < 4.78 is 1.68. The molecule has 5 heteroatoms. The summed E-state index contributed by atoms with van der Waals surface area (Å²) in [5.41, 5.74) is 1.63. The van der Waals surface area contributed by atoms with Gasteiger partial charge in [0.05, 0.1) is 11.6 Å². The number of aromatic amines is 1. The number of nitrogens with one attached hydrogen (secondary N) is 2. The minimum atomic E-state index is -0.153. The molecule has 0 aliphatic rings. The van der Waals surface area contributed by atoms with E-state index < -0.39 is 0 Å². The van der Waals surface area contributed by atoms with E-state index in [0.717, 1.165) is 5.56 Å². The fourth-order valence-electron chi connectivity index (χ4n) is 2.29. The normalized spacial score (nSPS) is 12.2. The lowest BCUT2D eigenvalue weighted by molar-refractivity contribution is 0.0939. The van der Waals surface area contributed by atoms with Crippen molar-refractivity contribution in [3.63, 3.8) is 0 Å². The van der Waals surface area contributed by atoms with E-state index in [0.29, 0.717) is 10.2 Å². The van der Waals surface area contributed by atoms with Crippen molar-refractivity contribution in [1.29, 1.82) is 0 Å². The molecule has 0 aliphatic carbocycles. The standard InChI is InChI=1S/C16H14N2OS2/c1-10(13-9-21-14-7-3-2-5-11(13)14)18-15(19)12-6-4-8-17-16(12)20/h2-10H,1H3,(H,17,20)(H,18,19)/t10-/m0/s1. The highest BCUT2D eigenvalue weighted by atomic mass is 32.1. The lowest BCUT2D eigenvalue weighted by Crippen LogP contribution is -2.26. The van der Waals surface area contributed by atoms with Crippen molar-refractivity contribution in [2.75, 3.05) is 0 Å². The number of carbonyl (C=O) groups is 1. The van der Waals surface area contributed by atoms with Gasteiger partial charge in [-0.05, 0) is 41.5 Å². The Kier molecular flexibility index (Phi) is 3.86. The van der Waals surface area contributed by atoms with E-state index in [1.807, 2.05) is 19.1 Å². The third kappa shape index (κ3) is 2.75. The Balaban J connectivity index is 1.87. The van der Waals surface area contributed by atoms with Gasteiger partial charge >= 0.3 is 0 Å². The third-order valence-corrected chi connectivity index (χ3v) is 4.71. The van der Waals surface area contributed by atoms with E-state index in [1.165, 1.54) is 10.1 Å². The van der Waals surface area contributed by atoms with E-state index in [-0.39, 0.29) is 11.9 Å². The van der Waals surface area contributed by atoms with Gasteiger partial charge in [0.1, 0.15) is 4.64 Å². The van der Waals surface area contributed by atoms with Gasteiger partial charge in [-0.25, -0.2) is 0 Å². The zero-order chi connectivity index (χ0) is 14.8. The summed E-state index contributed by atoms with van der Waals surface area (Å²) in [4.78, 5) is 15.2. The molecule has 0 aliphatic heterocycles. The number of amides is 1. The molecule has 3 aromatic rings. The Hall–Kier alpha value is -1.98. The first-order chi connectivity index (χ1) is 10.2. The number of fused-ring (bicyclic) bond motifs is 1. The van der Waals surface area contributed by atoms with Crippen LogP contribution in [0.3, 0.4) is 0 Å². The Morgan fingerprint density at radius 1 is 1.29 bits per heavy atom. The van der Waals surface area contributed by atoms with Crippen LogP contribution in [0.4, 0.5) is 0 Å². The molecule has 0 fully saturated rings. The average Bonchev–Trinajstić information content (AvgIpc) is 2.91. The number of hydrogen-bond acceptors (Lipinski definition) is 3. The predicted octanol–water partition coefficient (Wildman–Crippen LogP) is 4.45. The fourth-order valence-corrected chi connectivity index (χ4v) is 3.57. The van der Waals surface area contributed by atoms with Crippen LogP contribution in [0.15, 0.2) is 48.0 Å². The second-order valence-corrected chi connectivity index (χ2v) is 6.11. The number of rotatable bonds is 3. The van der Waals surface area contributed by atoms with Crippen molar-refractivity contribution in [2.24, 2.45) is 0 Å². The molecule has 0 spiro atoms. The van der Waals surface area contributed by atoms with Crippen molar-refractivity contribution in [2.45, 2.75) is 13.0 Å². The fraction of sp³-hybridized carbons (Fsp3) is 0.125. The number of benzene rings is 1. The number of aromatic nitrogens is 1. The van der Waals surface area contributed by atoms with Gasteiger partial charge in [0.2, 0.25) is 0 Å². The second-order valence-electron chi connectivity index (χ2n) is 4.80. The molecule has 1 aromatic carbocycles. The largest absolute Gasteiger partial charge is 0.352 e. The zero-order valence-electron chi connectivity index (χ0n) is 11.4. The first-order valence-corrected chi connectivity index (χ1v) is 7.90. The van der Waals surface area contributed by atoms with Crippen LogP contribution in [0.25, 0.3) is 10.1 Å². The van der Waals surface area contributed by atoms with E-state index in [9.17, 15) is 4.79 Å². The van der Waals surface area contributed by atoms with Gasteiger partial charge in [-0.3, -0.25) is 4.79 Å². The molecule has 2 aromatic heterocycles. The van der Waals surface area contributed by atoms with Gasteiger partial charge in [0.25, 0.3) is 5.91 Å². The second kappa shape index (κ2) is 5.79. The Labute approximate surface area is 131 Å². The average molecular weight is 314 g/mol. The van der Waals surface area contributed by atoms with Gasteiger partial charge in [0.15, 0.2) is 0 Å². The lowest BCUT2D eigenvalue weighted by atomic mass is 10.1. The molecule has 0 saturated heterocycles. The zero-order valence-corrected chi connectivity index (χ0v) is 13.1. The van der Waals surface area contributed by atoms with Crippen LogP contribution in [0.5, 0.6) is 0 Å². The predicted molar refractivity (Wildman–Crippen MR) is 89.3 cm³/mol. The van der Waals surface area contributed by atoms with E-state index >= 15 is 0 Å². The Morgan fingerprint density at radius 3 is 2.90 bits per heavy atom. The molecule has 3 nitrogen and oxygen atoms in total. The maximum atomic E-state index is 12.3. The van der Waals surface area contributed by atoms with Crippen LogP contribution in [-0.4, -0.2) is 10.9 Å². The number of thiophene rings is 1. The van der Waals surface area contributed by atoms with Gasteiger partial charge in [-0.15, -0.1) is 11.3 Å². The van der Waals surface area contributed by atoms with Crippen LogP contribution in [-0.2, 0) is 0 Å². The number of pyridine rings is 1. The van der Waals surface area contributed by atoms with Crippen LogP contribution in [0.1, 0.15) is 28.9 Å². The van der Waals surface area contributed by atoms with Crippen molar-refractivity contribution in [1.82, 2.24) is 10.3 Å². The molecule has 2 N–H and O–H groups in total. The summed E-state index contributed by atoms with van der Waals surface area (Å²) in [6.07, 6.45) is 1.72. The maximum absolute atomic E-state index is 12.3. The summed E-state index contributed by atoms with van der Waals surface area (Å²) in [7, 11) is 0. The minimum Gasteiger partial charge on any atom is -0.352 e. The summed E-state index contributed by atoms with van der Waals surface area (Å²) in [5, 5.41) is 6.30. The lowest BCUT2D eigenvalue weighted by Gasteiger charge is -2.13. The van der Waals surface area contributed by atoms with Crippen LogP contribution in [0.2, 0.25) is 0 Å². The van der Waals surface area contributed by atoms with E-state index in [4.69, 9.17) is 12.2 Å². The summed E-state index contributed by atoms with van der Waals surface area (Å²) >= 11 is 6.83. The number of hydrogen-bond donors (Lipinski definition) is 2. The van der Waals surface area contributed by atoms with Crippen LogP contribution in [0, 0.1) is 4.64 Å². The maximum Gasteiger partial charge on any atom is 0.254 e. The molecule has 0 unspecified atom stereocenters. The molecule has 21 heavy (non-hydrogen) atoms. The van der Waals surface area contributed by atoms with E-state index in [2.05, 4.69) is 27.8 Å². The van der Waals surface area contributed by atoms with Gasteiger partial charge in [-0.1, -0.05) is 30.4 Å². The van der Waals surface area contributed by atoms with Crippen molar-refractivity contribution < 1.29 is 4.79 Å². The van der Waals surface area contributed by atoms with Crippen molar-refractivity contribution in [3.8, 4) is 0 Å². The molecule has 1 amide bonds. The van der Waals surface area contributed by atoms with Crippen molar-refractivity contribution >= 4 is 39.5 Å². The van der Waals surface area contributed by atoms with Crippen LogP contribution < -0.4 is 5.32 Å².